The van der Waals surface area contributed by atoms with Crippen LogP contribution >= 0.6 is 31.9 Å². The van der Waals surface area contributed by atoms with Crippen LogP contribution in [0.3, 0.4) is 0 Å². The Morgan fingerprint density at radius 3 is 2.04 bits per heavy atom. The molecule has 0 unspecified atom stereocenters. The van der Waals surface area contributed by atoms with Crippen LogP contribution in [0.5, 0.6) is 0 Å². The fourth-order valence-electron chi connectivity index (χ4n) is 2.65. The lowest BCUT2D eigenvalue weighted by atomic mass is 10.2. The first kappa shape index (κ1) is 17.1. The van der Waals surface area contributed by atoms with Gasteiger partial charge in [0.25, 0.3) is 6.67 Å². The SMILES string of the molecule is Brc1ccc(N2C[N+](c3ccc(Br)cc3)=NC(c3ccccc3)=N2)cc1. The Balaban J connectivity index is 1.77. The van der Waals surface area contributed by atoms with Gasteiger partial charge in [-0.2, -0.15) is 0 Å². The zero-order valence-corrected chi connectivity index (χ0v) is 16.9. The van der Waals surface area contributed by atoms with Crippen LogP contribution in [0, 0.1) is 0 Å². The van der Waals surface area contributed by atoms with Crippen molar-refractivity contribution < 1.29 is 4.70 Å². The van der Waals surface area contributed by atoms with Crippen LogP contribution in [0.25, 0.3) is 0 Å². The highest BCUT2D eigenvalue weighted by molar-refractivity contribution is 9.10. The summed E-state index contributed by atoms with van der Waals surface area (Å²) in [5.74, 6) is 0.683. The molecule has 0 fully saturated rings. The first-order valence-electron chi connectivity index (χ1n) is 8.11. The van der Waals surface area contributed by atoms with E-state index in [9.17, 15) is 0 Å². The Hall–Kier alpha value is -2.31. The largest absolute Gasteiger partial charge is 0.269 e. The molecule has 128 valence electrons. The predicted octanol–water partition coefficient (Wildman–Crippen LogP) is 6.15. The molecule has 0 atom stereocenters. The van der Waals surface area contributed by atoms with Crippen molar-refractivity contribution in [3.8, 4) is 0 Å². The van der Waals surface area contributed by atoms with Gasteiger partial charge in [0, 0.05) is 31.8 Å². The molecule has 3 aromatic rings. The molecule has 26 heavy (non-hydrogen) atoms. The monoisotopic (exact) mass is 469 g/mol. The smallest absolute Gasteiger partial charge is 0.201 e. The lowest BCUT2D eigenvalue weighted by molar-refractivity contribution is -0.508. The van der Waals surface area contributed by atoms with E-state index in [0.29, 0.717) is 12.5 Å². The topological polar surface area (TPSA) is 31.0 Å². The van der Waals surface area contributed by atoms with Gasteiger partial charge >= 0.3 is 0 Å². The summed E-state index contributed by atoms with van der Waals surface area (Å²) in [6.45, 7) is 0.541. The Kier molecular flexibility index (Phi) is 4.95. The minimum Gasteiger partial charge on any atom is -0.201 e. The molecule has 1 heterocycles. The molecule has 0 bridgehead atoms. The minimum atomic E-state index is 0.541. The molecule has 0 amide bonds. The number of benzene rings is 3. The van der Waals surface area contributed by atoms with Crippen LogP contribution in [0.4, 0.5) is 11.4 Å². The molecule has 1 aliphatic rings. The van der Waals surface area contributed by atoms with Crippen molar-refractivity contribution in [1.82, 2.24) is 0 Å². The van der Waals surface area contributed by atoms with Gasteiger partial charge in [-0.25, -0.2) is 5.01 Å². The predicted molar refractivity (Wildman–Crippen MR) is 111 cm³/mol. The average molecular weight is 471 g/mol. The van der Waals surface area contributed by atoms with E-state index < -0.39 is 0 Å². The Morgan fingerprint density at radius 2 is 1.38 bits per heavy atom. The highest BCUT2D eigenvalue weighted by Gasteiger charge is 2.25. The van der Waals surface area contributed by atoms with Gasteiger partial charge in [0.2, 0.25) is 11.5 Å². The lowest BCUT2D eigenvalue weighted by Crippen LogP contribution is -2.31. The Morgan fingerprint density at radius 1 is 0.769 bits per heavy atom. The number of anilines is 1. The minimum absolute atomic E-state index is 0.541. The fraction of sp³-hybridized carbons (Fsp3) is 0.0500. The summed E-state index contributed by atoms with van der Waals surface area (Å²) in [7, 11) is 0. The van der Waals surface area contributed by atoms with Crippen molar-refractivity contribution in [2.24, 2.45) is 10.2 Å². The van der Waals surface area contributed by atoms with E-state index in [1.165, 1.54) is 0 Å². The van der Waals surface area contributed by atoms with Gasteiger partial charge in [-0.15, -0.1) is 5.10 Å². The quantitative estimate of drug-likeness (QED) is 0.422. The number of hydrogen-bond acceptors (Lipinski definition) is 3. The van der Waals surface area contributed by atoms with E-state index >= 15 is 0 Å². The van der Waals surface area contributed by atoms with Gasteiger partial charge in [-0.3, -0.25) is 0 Å². The third-order valence-corrected chi connectivity index (χ3v) is 5.04. The number of amidine groups is 1. The van der Waals surface area contributed by atoms with Crippen molar-refractivity contribution in [3.05, 3.63) is 93.4 Å². The fourth-order valence-corrected chi connectivity index (χ4v) is 3.18. The molecule has 4 nitrogen and oxygen atoms in total. The first-order valence-corrected chi connectivity index (χ1v) is 9.69. The molecule has 0 saturated heterocycles. The molecule has 4 rings (SSSR count). The summed E-state index contributed by atoms with van der Waals surface area (Å²) in [4.78, 5) is 0. The molecule has 3 aromatic carbocycles. The molecule has 0 spiro atoms. The van der Waals surface area contributed by atoms with E-state index in [0.717, 1.165) is 25.9 Å². The highest BCUT2D eigenvalue weighted by atomic mass is 79.9. The van der Waals surface area contributed by atoms with Crippen molar-refractivity contribution in [2.75, 3.05) is 11.7 Å². The number of nitrogens with zero attached hydrogens (tertiary/aromatic N) is 4. The van der Waals surface area contributed by atoms with E-state index in [1.54, 1.807) is 0 Å². The number of hydrogen-bond donors (Lipinski definition) is 0. The number of hydrazone groups is 1. The first-order chi connectivity index (χ1) is 12.7. The molecular weight excluding hydrogens is 456 g/mol. The van der Waals surface area contributed by atoms with E-state index in [2.05, 4.69) is 31.9 Å². The summed E-state index contributed by atoms with van der Waals surface area (Å²) in [6, 6.07) is 26.3. The maximum absolute atomic E-state index is 4.76. The molecule has 0 saturated carbocycles. The van der Waals surface area contributed by atoms with E-state index in [4.69, 9.17) is 10.2 Å². The average Bonchev–Trinajstić information content (AvgIpc) is 2.69. The third kappa shape index (κ3) is 3.76. The zero-order valence-electron chi connectivity index (χ0n) is 13.8. The van der Waals surface area contributed by atoms with Gasteiger partial charge < -0.3 is 0 Å². The second-order valence-corrected chi connectivity index (χ2v) is 7.61. The van der Waals surface area contributed by atoms with Gasteiger partial charge in [-0.1, -0.05) is 66.9 Å². The van der Waals surface area contributed by atoms with E-state index in [-0.39, 0.29) is 0 Å². The van der Waals surface area contributed by atoms with Crippen LogP contribution in [-0.2, 0) is 0 Å². The van der Waals surface area contributed by atoms with Crippen LogP contribution in [0.1, 0.15) is 5.56 Å². The molecule has 0 aliphatic carbocycles. The Bertz CT molecular complexity index is 965. The molecule has 0 aromatic heterocycles. The second-order valence-electron chi connectivity index (χ2n) is 5.78. The van der Waals surface area contributed by atoms with Crippen LogP contribution in [-0.4, -0.2) is 17.2 Å². The molecular formula is C20H15Br2N4+. The molecule has 1 aliphatic heterocycles. The summed E-state index contributed by atoms with van der Waals surface area (Å²) in [5, 5.41) is 11.5. The molecule has 6 heteroatoms. The molecule has 0 N–H and O–H groups in total. The lowest BCUT2D eigenvalue weighted by Gasteiger charge is -2.20. The van der Waals surface area contributed by atoms with Crippen molar-refractivity contribution in [1.29, 1.82) is 0 Å². The van der Waals surface area contributed by atoms with Gasteiger partial charge in [-0.05, 0) is 36.4 Å². The van der Waals surface area contributed by atoms with Crippen molar-refractivity contribution >= 4 is 49.1 Å². The summed E-state index contributed by atoms with van der Waals surface area (Å²) >= 11 is 6.97. The van der Waals surface area contributed by atoms with Gasteiger partial charge in [0.1, 0.15) is 0 Å². The zero-order chi connectivity index (χ0) is 17.9. The van der Waals surface area contributed by atoms with Gasteiger partial charge in [0.05, 0.1) is 5.69 Å². The van der Waals surface area contributed by atoms with E-state index in [1.807, 2.05) is 88.6 Å². The number of rotatable bonds is 3. The maximum atomic E-state index is 4.76. The highest BCUT2D eigenvalue weighted by Crippen LogP contribution is 2.25. The number of azo groups is 2. The second kappa shape index (κ2) is 7.51. The standard InChI is InChI=1S/C20H15Br2N4/c21-16-6-10-18(11-7-16)25-14-26(19-12-8-17(22)9-13-19)24-20(23-25)15-4-2-1-3-5-15/h1-13H,14H2/q+1. The van der Waals surface area contributed by atoms with Crippen molar-refractivity contribution in [2.45, 2.75) is 0 Å². The molecule has 0 radical (unpaired) electrons. The third-order valence-electron chi connectivity index (χ3n) is 3.98. The van der Waals surface area contributed by atoms with Crippen molar-refractivity contribution in [3.63, 3.8) is 0 Å². The van der Waals surface area contributed by atoms with Crippen LogP contribution < -0.4 is 5.01 Å². The summed E-state index contributed by atoms with van der Waals surface area (Å²) in [6.07, 6.45) is 0. The summed E-state index contributed by atoms with van der Waals surface area (Å²) < 4.78 is 4.05. The van der Waals surface area contributed by atoms with Crippen LogP contribution in [0.2, 0.25) is 0 Å². The maximum Gasteiger partial charge on any atom is 0.269 e. The van der Waals surface area contributed by atoms with Gasteiger partial charge in [0.15, 0.2) is 0 Å². The van der Waals surface area contributed by atoms with Crippen LogP contribution in [0.15, 0.2) is 98.0 Å². The normalized spacial score (nSPS) is 14.0. The number of halogens is 2. The Labute approximate surface area is 168 Å². The summed E-state index contributed by atoms with van der Waals surface area (Å²) in [5.41, 5.74) is 3.01.